The van der Waals surface area contributed by atoms with Gasteiger partial charge in [0.15, 0.2) is 0 Å². The van der Waals surface area contributed by atoms with Crippen molar-refractivity contribution in [3.8, 4) is 67.5 Å². The second-order valence-electron chi connectivity index (χ2n) is 14.3. The molecule has 0 saturated heterocycles. The van der Waals surface area contributed by atoms with E-state index in [4.69, 9.17) is 9.47 Å². The van der Waals surface area contributed by atoms with Crippen molar-refractivity contribution in [2.45, 2.75) is 5.41 Å². The third-order valence-corrected chi connectivity index (χ3v) is 11.8. The molecule has 0 saturated carbocycles. The van der Waals surface area contributed by atoms with Crippen LogP contribution in [0.3, 0.4) is 0 Å². The summed E-state index contributed by atoms with van der Waals surface area (Å²) in [6.45, 7) is 0.0528. The molecule has 0 aromatic heterocycles. The number of fused-ring (bicyclic) bond motifs is 14. The van der Waals surface area contributed by atoms with Gasteiger partial charge in [-0.2, -0.15) is 0 Å². The third-order valence-electron chi connectivity index (χ3n) is 11.8. The van der Waals surface area contributed by atoms with Gasteiger partial charge >= 0.3 is 0 Å². The molecule has 4 aliphatic rings. The van der Waals surface area contributed by atoms with Crippen LogP contribution in [0, 0.1) is 0 Å². The molecular formula is C49H29BO2. The van der Waals surface area contributed by atoms with Crippen LogP contribution >= 0.6 is 0 Å². The van der Waals surface area contributed by atoms with E-state index in [0.29, 0.717) is 0 Å². The largest absolute Gasteiger partial charge is 0.458 e. The van der Waals surface area contributed by atoms with Crippen LogP contribution in [0.25, 0.3) is 44.5 Å². The van der Waals surface area contributed by atoms with Crippen LogP contribution in [0.5, 0.6) is 23.0 Å². The highest BCUT2D eigenvalue weighted by Gasteiger charge is 2.52. The van der Waals surface area contributed by atoms with E-state index in [-0.39, 0.29) is 6.71 Å². The standard InChI is InChI=1S/C49H29BO2/c1-2-11-30(12-3-1)31-21-24-36-37-25-22-32(28-41(37)49(40(36)27-31)38-15-6-4-13-34(38)35-14-5-7-16-39(35)49)33-23-26-43-47(29-33)52-46-20-10-19-45-48(46)50(43)42-17-8-9-18-44(42)51-45/h1-29H. The molecule has 2 heterocycles. The zero-order valence-corrected chi connectivity index (χ0v) is 28.1. The van der Waals surface area contributed by atoms with Crippen molar-refractivity contribution >= 4 is 23.1 Å². The second-order valence-corrected chi connectivity index (χ2v) is 14.3. The molecule has 0 atom stereocenters. The van der Waals surface area contributed by atoms with Gasteiger partial charge in [-0.1, -0.05) is 140 Å². The Labute approximate surface area is 302 Å². The molecule has 8 aromatic rings. The minimum Gasteiger partial charge on any atom is -0.458 e. The van der Waals surface area contributed by atoms with Crippen molar-refractivity contribution in [2.75, 3.05) is 0 Å². The fraction of sp³-hybridized carbons (Fsp3) is 0.0204. The van der Waals surface area contributed by atoms with Gasteiger partial charge in [0.25, 0.3) is 6.71 Å². The summed E-state index contributed by atoms with van der Waals surface area (Å²) in [4.78, 5) is 0. The van der Waals surface area contributed by atoms with Crippen molar-refractivity contribution in [3.05, 3.63) is 198 Å². The number of ether oxygens (including phenoxy) is 2. The summed E-state index contributed by atoms with van der Waals surface area (Å²) in [5, 5.41) is 0. The normalized spacial score (nSPS) is 14.2. The summed E-state index contributed by atoms with van der Waals surface area (Å²) in [5.41, 5.74) is 18.3. The van der Waals surface area contributed by atoms with Crippen LogP contribution in [-0.4, -0.2) is 6.71 Å². The maximum Gasteiger partial charge on any atom is 0.260 e. The number of rotatable bonds is 2. The molecule has 0 fully saturated rings. The Balaban J connectivity index is 1.07. The number of hydrogen-bond donors (Lipinski definition) is 0. The lowest BCUT2D eigenvalue weighted by Crippen LogP contribution is -2.57. The monoisotopic (exact) mass is 660 g/mol. The van der Waals surface area contributed by atoms with E-state index in [0.717, 1.165) is 39.5 Å². The molecular weight excluding hydrogens is 631 g/mol. The predicted molar refractivity (Wildman–Crippen MR) is 211 cm³/mol. The Morgan fingerprint density at radius 2 is 0.827 bits per heavy atom. The van der Waals surface area contributed by atoms with E-state index in [1.807, 2.05) is 18.2 Å². The first kappa shape index (κ1) is 28.2. The maximum atomic E-state index is 6.71. The second kappa shape index (κ2) is 10.2. The first-order chi connectivity index (χ1) is 25.8. The minimum absolute atomic E-state index is 0.0528. The summed E-state index contributed by atoms with van der Waals surface area (Å²) in [5.74, 6) is 3.53. The van der Waals surface area contributed by atoms with E-state index in [2.05, 4.69) is 158 Å². The summed E-state index contributed by atoms with van der Waals surface area (Å²) in [6.07, 6.45) is 0. The van der Waals surface area contributed by atoms with Gasteiger partial charge in [0.1, 0.15) is 23.0 Å². The average molecular weight is 661 g/mol. The molecule has 240 valence electrons. The SMILES string of the molecule is c1ccc(-c2ccc3c(c2)C2(c4ccccc4-c4ccccc42)c2cc(-c4ccc5c(c4)Oc4cccc6c4B5c4ccccc4O6)ccc2-3)cc1. The Morgan fingerprint density at radius 3 is 1.54 bits per heavy atom. The van der Waals surface area contributed by atoms with Crippen molar-refractivity contribution in [2.24, 2.45) is 0 Å². The van der Waals surface area contributed by atoms with Crippen LogP contribution in [0.15, 0.2) is 176 Å². The highest BCUT2D eigenvalue weighted by atomic mass is 16.5. The Kier molecular flexibility index (Phi) is 5.55. The fourth-order valence-electron chi connectivity index (χ4n) is 9.68. The average Bonchev–Trinajstić information content (AvgIpc) is 3.67. The van der Waals surface area contributed by atoms with Gasteiger partial charge < -0.3 is 9.47 Å². The molecule has 0 unspecified atom stereocenters. The van der Waals surface area contributed by atoms with Crippen molar-refractivity contribution in [1.29, 1.82) is 0 Å². The van der Waals surface area contributed by atoms with Gasteiger partial charge in [0, 0.05) is 5.46 Å². The first-order valence-electron chi connectivity index (χ1n) is 18.0. The maximum absolute atomic E-state index is 6.71. The van der Waals surface area contributed by atoms with E-state index in [9.17, 15) is 0 Å². The molecule has 2 aliphatic carbocycles. The third kappa shape index (κ3) is 3.60. The molecule has 8 aromatic carbocycles. The van der Waals surface area contributed by atoms with Gasteiger partial charge in [-0.3, -0.25) is 0 Å². The van der Waals surface area contributed by atoms with Crippen LogP contribution in [-0.2, 0) is 5.41 Å². The predicted octanol–water partition coefficient (Wildman–Crippen LogP) is 10.1. The quantitative estimate of drug-likeness (QED) is 0.172. The van der Waals surface area contributed by atoms with Crippen molar-refractivity contribution < 1.29 is 9.47 Å². The lowest BCUT2D eigenvalue weighted by Gasteiger charge is -2.33. The Bertz CT molecular complexity index is 2770. The summed E-state index contributed by atoms with van der Waals surface area (Å²) < 4.78 is 13.1. The molecule has 0 N–H and O–H groups in total. The Morgan fingerprint density at radius 1 is 0.327 bits per heavy atom. The lowest BCUT2D eigenvalue weighted by molar-refractivity contribution is 0.464. The molecule has 0 amide bonds. The van der Waals surface area contributed by atoms with E-state index in [1.165, 1.54) is 66.7 Å². The van der Waals surface area contributed by atoms with E-state index in [1.54, 1.807) is 0 Å². The number of para-hydroxylation sites is 1. The first-order valence-corrected chi connectivity index (χ1v) is 18.0. The minimum atomic E-state index is -0.440. The highest BCUT2D eigenvalue weighted by Crippen LogP contribution is 2.63. The molecule has 3 heteroatoms. The lowest BCUT2D eigenvalue weighted by atomic mass is 9.35. The number of hydrogen-bond acceptors (Lipinski definition) is 2. The van der Waals surface area contributed by atoms with Crippen LogP contribution in [0.4, 0.5) is 0 Å². The fourth-order valence-corrected chi connectivity index (χ4v) is 9.68. The van der Waals surface area contributed by atoms with E-state index < -0.39 is 5.41 Å². The molecule has 0 radical (unpaired) electrons. The highest BCUT2D eigenvalue weighted by molar-refractivity contribution is 6.98. The van der Waals surface area contributed by atoms with E-state index >= 15 is 0 Å². The number of benzene rings is 8. The van der Waals surface area contributed by atoms with Crippen LogP contribution in [0.2, 0.25) is 0 Å². The molecule has 1 spiro atoms. The van der Waals surface area contributed by atoms with Crippen LogP contribution in [0.1, 0.15) is 22.3 Å². The van der Waals surface area contributed by atoms with Gasteiger partial charge in [0.05, 0.1) is 5.41 Å². The molecule has 52 heavy (non-hydrogen) atoms. The van der Waals surface area contributed by atoms with Gasteiger partial charge in [-0.25, -0.2) is 0 Å². The van der Waals surface area contributed by atoms with Gasteiger partial charge in [-0.05, 0) is 114 Å². The Hall–Kier alpha value is -6.58. The summed E-state index contributed by atoms with van der Waals surface area (Å²) in [7, 11) is 0. The summed E-state index contributed by atoms with van der Waals surface area (Å²) in [6, 6.07) is 64.3. The van der Waals surface area contributed by atoms with Crippen LogP contribution < -0.4 is 25.9 Å². The zero-order valence-electron chi connectivity index (χ0n) is 28.1. The van der Waals surface area contributed by atoms with Gasteiger partial charge in [0.2, 0.25) is 0 Å². The molecule has 2 aliphatic heterocycles. The summed E-state index contributed by atoms with van der Waals surface area (Å²) >= 11 is 0. The zero-order chi connectivity index (χ0) is 34.0. The molecule has 2 nitrogen and oxygen atoms in total. The molecule has 0 bridgehead atoms. The topological polar surface area (TPSA) is 18.5 Å². The molecule has 12 rings (SSSR count). The van der Waals surface area contributed by atoms with Crippen molar-refractivity contribution in [1.82, 2.24) is 0 Å². The van der Waals surface area contributed by atoms with Gasteiger partial charge in [-0.15, -0.1) is 0 Å². The smallest absolute Gasteiger partial charge is 0.260 e. The van der Waals surface area contributed by atoms with Crippen molar-refractivity contribution in [3.63, 3.8) is 0 Å².